The van der Waals surface area contributed by atoms with Crippen molar-refractivity contribution in [2.75, 3.05) is 6.61 Å². The van der Waals surface area contributed by atoms with Crippen molar-refractivity contribution in [3.63, 3.8) is 0 Å². The van der Waals surface area contributed by atoms with Crippen molar-refractivity contribution >= 4 is 50.7 Å². The number of nitrogens with one attached hydrogen (secondary N) is 1. The van der Waals surface area contributed by atoms with E-state index in [-0.39, 0.29) is 23.8 Å². The smallest absolute Gasteiger partial charge is 0.283 e. The summed E-state index contributed by atoms with van der Waals surface area (Å²) in [5, 5.41) is 16.4. The van der Waals surface area contributed by atoms with Crippen molar-refractivity contribution in [3.8, 4) is 5.75 Å². The van der Waals surface area contributed by atoms with Crippen LogP contribution in [0.4, 0.5) is 4.39 Å². The Morgan fingerprint density at radius 3 is 2.66 bits per heavy atom. The molecule has 0 fully saturated rings. The summed E-state index contributed by atoms with van der Waals surface area (Å²) in [4.78, 5) is 17.2. The molecular formula is C29H22FN5O2S. The minimum Gasteiger partial charge on any atom is -0.486 e. The summed E-state index contributed by atoms with van der Waals surface area (Å²) in [7, 11) is 0. The van der Waals surface area contributed by atoms with E-state index in [1.807, 2.05) is 66.2 Å². The molecule has 0 saturated carbocycles. The lowest BCUT2D eigenvalue weighted by Gasteiger charge is -2.20. The number of amidine groups is 2. The third kappa shape index (κ3) is 4.41. The normalized spacial score (nSPS) is 16.2. The number of aromatic nitrogens is 1. The number of carbonyl (C=O) groups excluding carboxylic acids is 1. The lowest BCUT2D eigenvalue weighted by atomic mass is 10.1. The number of carbonyl (C=O) groups is 1. The Morgan fingerprint density at radius 1 is 1.05 bits per heavy atom. The van der Waals surface area contributed by atoms with Crippen molar-refractivity contribution in [3.05, 3.63) is 107 Å². The highest BCUT2D eigenvalue weighted by Gasteiger charge is 2.36. The molecule has 7 nitrogen and oxygen atoms in total. The van der Waals surface area contributed by atoms with Crippen molar-refractivity contribution in [1.29, 1.82) is 5.41 Å². The van der Waals surface area contributed by atoms with Crippen molar-refractivity contribution < 1.29 is 13.9 Å². The Hall–Kier alpha value is -4.50. The Morgan fingerprint density at radius 2 is 1.82 bits per heavy atom. The van der Waals surface area contributed by atoms with E-state index in [0.29, 0.717) is 22.3 Å². The van der Waals surface area contributed by atoms with Gasteiger partial charge in [0.25, 0.3) is 5.91 Å². The maximum atomic E-state index is 14.3. The van der Waals surface area contributed by atoms with Gasteiger partial charge in [-0.1, -0.05) is 54.6 Å². The number of thioether (sulfide) groups is 1. The number of hydrazone groups is 1. The lowest BCUT2D eigenvalue weighted by Crippen LogP contribution is -2.35. The minimum atomic E-state index is -0.504. The molecule has 0 aliphatic carbocycles. The highest BCUT2D eigenvalue weighted by Crippen LogP contribution is 2.31. The van der Waals surface area contributed by atoms with Gasteiger partial charge in [-0.2, -0.15) is 15.1 Å². The molecule has 38 heavy (non-hydrogen) atoms. The molecule has 1 N–H and O–H groups in total. The molecule has 1 amide bonds. The summed E-state index contributed by atoms with van der Waals surface area (Å²) in [5.41, 5.74) is 3.34. The SMILES string of the molecule is Cc1ccccc1OCC1=NN2C(=N)C(=Cc3cn(Cc4ccccc4F)c4ccccc34)C(=O)N=C2S1. The van der Waals surface area contributed by atoms with E-state index in [2.05, 4.69) is 10.1 Å². The molecule has 0 saturated heterocycles. The van der Waals surface area contributed by atoms with Gasteiger partial charge in [0.15, 0.2) is 5.84 Å². The fourth-order valence-corrected chi connectivity index (χ4v) is 5.23. The van der Waals surface area contributed by atoms with Gasteiger partial charge in [-0.25, -0.2) is 4.39 Å². The quantitative estimate of drug-likeness (QED) is 0.322. The fraction of sp³-hybridized carbons (Fsp3) is 0.103. The summed E-state index contributed by atoms with van der Waals surface area (Å²) in [5.74, 6) is -0.0794. The first-order chi connectivity index (χ1) is 18.5. The van der Waals surface area contributed by atoms with Gasteiger partial charge in [0.1, 0.15) is 23.2 Å². The molecule has 0 unspecified atom stereocenters. The number of hydrogen-bond acceptors (Lipinski definition) is 5. The van der Waals surface area contributed by atoms with Crippen LogP contribution in [0.25, 0.3) is 17.0 Å². The van der Waals surface area contributed by atoms with Crippen molar-refractivity contribution in [2.45, 2.75) is 13.5 Å². The topological polar surface area (TPSA) is 83.0 Å². The van der Waals surface area contributed by atoms with Crippen LogP contribution in [0.15, 0.2) is 94.7 Å². The minimum absolute atomic E-state index is 0.0515. The van der Waals surface area contributed by atoms with Gasteiger partial charge >= 0.3 is 0 Å². The number of benzene rings is 3. The van der Waals surface area contributed by atoms with Gasteiger partial charge in [0.05, 0.1) is 12.1 Å². The number of nitrogens with zero attached hydrogens (tertiary/aromatic N) is 4. The third-order valence-electron chi connectivity index (χ3n) is 6.36. The van der Waals surface area contributed by atoms with Crippen LogP contribution in [0.3, 0.4) is 0 Å². The second-order valence-corrected chi connectivity index (χ2v) is 9.93. The van der Waals surface area contributed by atoms with Crippen LogP contribution in [-0.4, -0.2) is 38.1 Å². The van der Waals surface area contributed by atoms with E-state index in [9.17, 15) is 9.18 Å². The first-order valence-corrected chi connectivity index (χ1v) is 12.8. The molecule has 3 aromatic carbocycles. The fourth-order valence-electron chi connectivity index (χ4n) is 4.43. The maximum Gasteiger partial charge on any atom is 0.283 e. The Balaban J connectivity index is 1.29. The van der Waals surface area contributed by atoms with E-state index in [1.54, 1.807) is 24.3 Å². The van der Waals surface area contributed by atoms with E-state index < -0.39 is 5.91 Å². The Bertz CT molecular complexity index is 1700. The standard InChI is InChI=1S/C29H22FN5O2S/c1-18-8-2-7-13-25(18)37-17-26-33-35-27(31)22(28(36)32-29(35)38-26)14-20-16-34(24-12-6-4-10-21(20)24)15-19-9-3-5-11-23(19)30/h2-14,16,31H,15,17H2,1H3. The number of fused-ring (bicyclic) bond motifs is 2. The number of para-hydroxylation sites is 2. The van der Waals surface area contributed by atoms with Crippen molar-refractivity contribution in [2.24, 2.45) is 10.1 Å². The maximum absolute atomic E-state index is 14.3. The molecule has 4 aromatic rings. The molecule has 3 heterocycles. The van der Waals surface area contributed by atoms with Crippen LogP contribution in [0.1, 0.15) is 16.7 Å². The van der Waals surface area contributed by atoms with Crippen molar-refractivity contribution in [1.82, 2.24) is 9.58 Å². The second-order valence-electron chi connectivity index (χ2n) is 8.89. The lowest BCUT2D eigenvalue weighted by molar-refractivity contribution is -0.114. The molecule has 188 valence electrons. The van der Waals surface area contributed by atoms with E-state index in [1.165, 1.54) is 22.8 Å². The molecule has 9 heteroatoms. The van der Waals surface area contributed by atoms with Crippen LogP contribution >= 0.6 is 11.8 Å². The average Bonchev–Trinajstić information content (AvgIpc) is 3.49. The molecule has 0 spiro atoms. The van der Waals surface area contributed by atoms with Crippen LogP contribution < -0.4 is 4.74 Å². The monoisotopic (exact) mass is 523 g/mol. The Labute approximate surface area is 222 Å². The predicted octanol–water partition coefficient (Wildman–Crippen LogP) is 5.84. The number of ether oxygens (including phenoxy) is 1. The highest BCUT2D eigenvalue weighted by atomic mass is 32.2. The molecular weight excluding hydrogens is 501 g/mol. The van der Waals surface area contributed by atoms with Crippen LogP contribution in [0.2, 0.25) is 0 Å². The molecule has 1 aromatic heterocycles. The molecule has 0 atom stereocenters. The molecule has 0 radical (unpaired) electrons. The number of rotatable bonds is 6. The molecule has 0 bridgehead atoms. The number of hydrogen-bond donors (Lipinski definition) is 1. The number of amides is 1. The van der Waals surface area contributed by atoms with Gasteiger partial charge in [-0.15, -0.1) is 0 Å². The van der Waals surface area contributed by atoms with Gasteiger partial charge < -0.3 is 9.30 Å². The molecule has 6 rings (SSSR count). The number of aliphatic imine (C=N–C) groups is 1. The van der Waals surface area contributed by atoms with Crippen LogP contribution in [-0.2, 0) is 11.3 Å². The third-order valence-corrected chi connectivity index (χ3v) is 7.24. The summed E-state index contributed by atoms with van der Waals surface area (Å²) in [6.45, 7) is 2.50. The summed E-state index contributed by atoms with van der Waals surface area (Å²) >= 11 is 1.22. The van der Waals surface area contributed by atoms with E-state index in [0.717, 1.165) is 27.8 Å². The van der Waals surface area contributed by atoms with Gasteiger partial charge in [-0.05, 0) is 48.5 Å². The van der Waals surface area contributed by atoms with E-state index >= 15 is 0 Å². The first-order valence-electron chi connectivity index (χ1n) is 12.0. The zero-order chi connectivity index (χ0) is 26.2. The second kappa shape index (κ2) is 9.75. The van der Waals surface area contributed by atoms with Crippen LogP contribution in [0.5, 0.6) is 5.75 Å². The molecule has 2 aliphatic heterocycles. The molecule has 2 aliphatic rings. The van der Waals surface area contributed by atoms with Gasteiger partial charge in [0, 0.05) is 28.2 Å². The first kappa shape index (κ1) is 23.9. The van der Waals surface area contributed by atoms with Gasteiger partial charge in [-0.3, -0.25) is 10.2 Å². The summed E-state index contributed by atoms with van der Waals surface area (Å²) < 4.78 is 22.2. The van der Waals surface area contributed by atoms with Gasteiger partial charge in [0.2, 0.25) is 5.17 Å². The zero-order valence-corrected chi connectivity index (χ0v) is 21.2. The van der Waals surface area contributed by atoms with E-state index in [4.69, 9.17) is 10.1 Å². The zero-order valence-electron chi connectivity index (χ0n) is 20.4. The number of aryl methyl sites for hydroxylation is 1. The summed E-state index contributed by atoms with van der Waals surface area (Å²) in [6.07, 6.45) is 3.53. The average molecular weight is 524 g/mol. The number of halogens is 1. The predicted molar refractivity (Wildman–Crippen MR) is 149 cm³/mol. The summed E-state index contributed by atoms with van der Waals surface area (Å²) in [6, 6.07) is 22.1. The Kier molecular flexibility index (Phi) is 6.13. The highest BCUT2D eigenvalue weighted by molar-refractivity contribution is 8.27. The largest absolute Gasteiger partial charge is 0.486 e. The van der Waals surface area contributed by atoms with Crippen LogP contribution in [0, 0.1) is 18.2 Å².